The van der Waals surface area contributed by atoms with Gasteiger partial charge in [-0.15, -0.1) is 0 Å². The van der Waals surface area contributed by atoms with E-state index in [-0.39, 0.29) is 17.7 Å². The highest BCUT2D eigenvalue weighted by molar-refractivity contribution is 5.94. The first-order valence-corrected chi connectivity index (χ1v) is 7.26. The molecule has 0 unspecified atom stereocenters. The first kappa shape index (κ1) is 15.8. The van der Waals surface area contributed by atoms with Gasteiger partial charge in [-0.05, 0) is 30.3 Å². The van der Waals surface area contributed by atoms with Gasteiger partial charge < -0.3 is 10.3 Å². The lowest BCUT2D eigenvalue weighted by Crippen LogP contribution is -2.27. The zero-order valence-electron chi connectivity index (χ0n) is 12.5. The second kappa shape index (κ2) is 6.57. The van der Waals surface area contributed by atoms with Gasteiger partial charge in [0.05, 0.1) is 10.9 Å². The molecule has 1 heterocycles. The molecule has 0 aliphatic rings. The van der Waals surface area contributed by atoms with Crippen LogP contribution in [0.2, 0.25) is 0 Å². The summed E-state index contributed by atoms with van der Waals surface area (Å²) in [5.74, 6) is -2.19. The number of nitrogens with one attached hydrogen (secondary N) is 2. The standard InChI is InChI=1S/C17H13F2N3O2/c18-12-6-5-10(9-13(12)19)16(23)20-8-7-15-21-14-4-2-1-3-11(14)17(24)22-15/h1-6,9H,7-8H2,(H,20,23)(H,21,22,24). The molecule has 24 heavy (non-hydrogen) atoms. The van der Waals surface area contributed by atoms with Crippen molar-refractivity contribution in [3.63, 3.8) is 0 Å². The summed E-state index contributed by atoms with van der Waals surface area (Å²) in [6, 6.07) is 9.87. The Labute approximate surface area is 135 Å². The van der Waals surface area contributed by atoms with Crippen molar-refractivity contribution in [3.05, 3.63) is 75.8 Å². The average Bonchev–Trinajstić information content (AvgIpc) is 2.57. The van der Waals surface area contributed by atoms with Gasteiger partial charge in [0.1, 0.15) is 5.82 Å². The van der Waals surface area contributed by atoms with Crippen molar-refractivity contribution in [2.24, 2.45) is 0 Å². The zero-order valence-corrected chi connectivity index (χ0v) is 12.5. The smallest absolute Gasteiger partial charge is 0.258 e. The molecule has 1 aromatic heterocycles. The summed E-state index contributed by atoms with van der Waals surface area (Å²) >= 11 is 0. The highest BCUT2D eigenvalue weighted by Gasteiger charge is 2.10. The maximum Gasteiger partial charge on any atom is 0.258 e. The average molecular weight is 329 g/mol. The topological polar surface area (TPSA) is 74.8 Å². The molecule has 0 atom stereocenters. The van der Waals surface area contributed by atoms with E-state index in [0.29, 0.717) is 23.1 Å². The lowest BCUT2D eigenvalue weighted by atomic mass is 10.2. The first-order valence-electron chi connectivity index (χ1n) is 7.26. The summed E-state index contributed by atoms with van der Waals surface area (Å²) in [6.45, 7) is 0.194. The number of aromatic nitrogens is 2. The molecule has 0 radical (unpaired) electrons. The predicted molar refractivity (Wildman–Crippen MR) is 84.8 cm³/mol. The minimum atomic E-state index is -1.08. The van der Waals surface area contributed by atoms with Crippen LogP contribution in [0.4, 0.5) is 8.78 Å². The SMILES string of the molecule is O=C(NCCc1nc2ccccc2c(=O)[nH]1)c1ccc(F)c(F)c1. The fourth-order valence-electron chi connectivity index (χ4n) is 2.29. The van der Waals surface area contributed by atoms with E-state index in [2.05, 4.69) is 15.3 Å². The van der Waals surface area contributed by atoms with Gasteiger partial charge in [-0.3, -0.25) is 9.59 Å². The van der Waals surface area contributed by atoms with Crippen LogP contribution < -0.4 is 10.9 Å². The van der Waals surface area contributed by atoms with Crippen LogP contribution in [0, 0.1) is 11.6 Å². The van der Waals surface area contributed by atoms with Gasteiger partial charge in [-0.25, -0.2) is 13.8 Å². The summed E-state index contributed by atoms with van der Waals surface area (Å²) in [7, 11) is 0. The van der Waals surface area contributed by atoms with Crippen molar-refractivity contribution in [2.75, 3.05) is 6.54 Å². The molecule has 3 rings (SSSR count). The number of H-pyrrole nitrogens is 1. The second-order valence-electron chi connectivity index (χ2n) is 5.16. The Kier molecular flexibility index (Phi) is 4.33. The molecule has 0 fully saturated rings. The van der Waals surface area contributed by atoms with E-state index in [1.54, 1.807) is 24.3 Å². The quantitative estimate of drug-likeness (QED) is 0.770. The molecule has 0 bridgehead atoms. The van der Waals surface area contributed by atoms with Crippen molar-refractivity contribution in [3.8, 4) is 0 Å². The van der Waals surface area contributed by atoms with Gasteiger partial charge >= 0.3 is 0 Å². The summed E-state index contributed by atoms with van der Waals surface area (Å²) < 4.78 is 26.0. The fraction of sp³-hybridized carbons (Fsp3) is 0.118. The largest absolute Gasteiger partial charge is 0.352 e. The van der Waals surface area contributed by atoms with Crippen molar-refractivity contribution in [1.29, 1.82) is 0 Å². The number of benzene rings is 2. The third-order valence-electron chi connectivity index (χ3n) is 3.49. The maximum atomic E-state index is 13.1. The zero-order chi connectivity index (χ0) is 17.1. The molecule has 0 aliphatic heterocycles. The van der Waals surface area contributed by atoms with Gasteiger partial charge in [-0.1, -0.05) is 12.1 Å². The lowest BCUT2D eigenvalue weighted by molar-refractivity contribution is 0.0953. The van der Waals surface area contributed by atoms with E-state index in [4.69, 9.17) is 0 Å². The Bertz CT molecular complexity index is 969. The van der Waals surface area contributed by atoms with Gasteiger partial charge in [0.25, 0.3) is 11.5 Å². The van der Waals surface area contributed by atoms with Crippen LogP contribution >= 0.6 is 0 Å². The molecule has 1 amide bonds. The number of amides is 1. The minimum absolute atomic E-state index is 0.0221. The van der Waals surface area contributed by atoms with Gasteiger partial charge in [-0.2, -0.15) is 0 Å². The molecule has 2 aromatic carbocycles. The maximum absolute atomic E-state index is 13.1. The Morgan fingerprint density at radius 1 is 1.12 bits per heavy atom. The van der Waals surface area contributed by atoms with Gasteiger partial charge in [0, 0.05) is 18.5 Å². The van der Waals surface area contributed by atoms with Crippen LogP contribution in [0.3, 0.4) is 0 Å². The molecule has 5 nitrogen and oxygen atoms in total. The Morgan fingerprint density at radius 2 is 1.92 bits per heavy atom. The third kappa shape index (κ3) is 3.29. The summed E-state index contributed by atoms with van der Waals surface area (Å²) in [5, 5.41) is 3.06. The highest BCUT2D eigenvalue weighted by Crippen LogP contribution is 2.09. The Morgan fingerprint density at radius 3 is 2.71 bits per heavy atom. The monoisotopic (exact) mass is 329 g/mol. The molecule has 0 saturated heterocycles. The van der Waals surface area contributed by atoms with Crippen LogP contribution in [-0.2, 0) is 6.42 Å². The lowest BCUT2D eigenvalue weighted by Gasteiger charge is -2.06. The third-order valence-corrected chi connectivity index (χ3v) is 3.49. The van der Waals surface area contributed by atoms with Crippen molar-refractivity contribution in [1.82, 2.24) is 15.3 Å². The molecule has 0 saturated carbocycles. The number of fused-ring (bicyclic) bond motifs is 1. The van der Waals surface area contributed by atoms with Gasteiger partial charge in [0.15, 0.2) is 11.6 Å². The fourth-order valence-corrected chi connectivity index (χ4v) is 2.29. The number of hydrogen-bond acceptors (Lipinski definition) is 3. The van der Waals surface area contributed by atoms with E-state index in [1.807, 2.05) is 0 Å². The van der Waals surface area contributed by atoms with Crippen LogP contribution in [0.25, 0.3) is 10.9 Å². The summed E-state index contributed by atoms with van der Waals surface area (Å²) in [4.78, 5) is 30.8. The molecule has 0 spiro atoms. The van der Waals surface area contributed by atoms with E-state index < -0.39 is 17.5 Å². The predicted octanol–water partition coefficient (Wildman–Crippen LogP) is 2.17. The van der Waals surface area contributed by atoms with Crippen LogP contribution in [0.5, 0.6) is 0 Å². The number of hydrogen-bond donors (Lipinski definition) is 2. The van der Waals surface area contributed by atoms with E-state index >= 15 is 0 Å². The van der Waals surface area contributed by atoms with E-state index in [9.17, 15) is 18.4 Å². The van der Waals surface area contributed by atoms with Crippen LogP contribution in [0.15, 0.2) is 47.3 Å². The second-order valence-corrected chi connectivity index (χ2v) is 5.16. The summed E-state index contributed by atoms with van der Waals surface area (Å²) in [5.41, 5.74) is 0.347. The number of carbonyl (C=O) groups is 1. The molecule has 122 valence electrons. The number of aromatic amines is 1. The first-order chi connectivity index (χ1) is 11.5. The van der Waals surface area contributed by atoms with E-state index in [0.717, 1.165) is 12.1 Å². The van der Waals surface area contributed by atoms with Crippen molar-refractivity contribution < 1.29 is 13.6 Å². The number of nitrogens with zero attached hydrogens (tertiary/aromatic N) is 1. The molecule has 2 N–H and O–H groups in total. The molecule has 0 aliphatic carbocycles. The van der Waals surface area contributed by atoms with Crippen LogP contribution in [0.1, 0.15) is 16.2 Å². The number of carbonyl (C=O) groups excluding carboxylic acids is 1. The van der Waals surface area contributed by atoms with Crippen molar-refractivity contribution in [2.45, 2.75) is 6.42 Å². The Balaban J connectivity index is 1.67. The number of rotatable bonds is 4. The van der Waals surface area contributed by atoms with Gasteiger partial charge in [0.2, 0.25) is 0 Å². The number of halogens is 2. The highest BCUT2D eigenvalue weighted by atomic mass is 19.2. The molecular formula is C17H13F2N3O2. The minimum Gasteiger partial charge on any atom is -0.352 e. The molecule has 7 heteroatoms. The molecular weight excluding hydrogens is 316 g/mol. The van der Waals surface area contributed by atoms with Crippen molar-refractivity contribution >= 4 is 16.8 Å². The number of para-hydroxylation sites is 1. The summed E-state index contributed by atoms with van der Waals surface area (Å²) in [6.07, 6.45) is 0.301. The Hall–Kier alpha value is -3.09. The molecule has 3 aromatic rings. The van der Waals surface area contributed by atoms with Crippen LogP contribution in [-0.4, -0.2) is 22.4 Å². The van der Waals surface area contributed by atoms with E-state index in [1.165, 1.54) is 6.07 Å². The normalized spacial score (nSPS) is 10.8.